The van der Waals surface area contributed by atoms with Crippen LogP contribution in [0.5, 0.6) is 0 Å². The summed E-state index contributed by atoms with van der Waals surface area (Å²) in [6.45, 7) is 17.2. The van der Waals surface area contributed by atoms with Crippen LogP contribution >= 0.6 is 97.0 Å². The number of nitrogens with two attached hydrogens (primary N) is 4. The van der Waals surface area contributed by atoms with Crippen molar-refractivity contribution in [1.29, 1.82) is 0 Å². The topological polar surface area (TPSA) is 175 Å². The molecule has 0 radical (unpaired) electrons. The molecule has 5 fully saturated rings. The fourth-order valence-electron chi connectivity index (χ4n) is 19.0. The number of benzene rings is 3. The van der Waals surface area contributed by atoms with Crippen molar-refractivity contribution < 1.29 is 0 Å². The number of amidine groups is 4. The van der Waals surface area contributed by atoms with E-state index in [1.807, 2.05) is 96.7 Å². The van der Waals surface area contributed by atoms with Crippen LogP contribution in [0.3, 0.4) is 0 Å². The van der Waals surface area contributed by atoms with Crippen LogP contribution in [0.4, 0.5) is 0 Å². The van der Waals surface area contributed by atoms with E-state index >= 15 is 0 Å². The molecule has 11 nitrogen and oxygen atoms in total. The van der Waals surface area contributed by atoms with Crippen LogP contribution in [0.25, 0.3) is 39.1 Å². The minimum Gasteiger partial charge on any atom is -0.378 e. The summed E-state index contributed by atoms with van der Waals surface area (Å²) in [4.78, 5) is 30.7. The number of hydrogen-bond acceptors (Lipinski definition) is 17. The third kappa shape index (κ3) is 18.2. The van der Waals surface area contributed by atoms with Crippen molar-refractivity contribution in [3.63, 3.8) is 0 Å². The van der Waals surface area contributed by atoms with Crippen LogP contribution in [-0.2, 0) is 22.2 Å². The summed E-state index contributed by atoms with van der Waals surface area (Å²) >= 11 is 16.3. The van der Waals surface area contributed by atoms with Crippen molar-refractivity contribution in [3.8, 4) is 74.6 Å². The Kier molecular flexibility index (Phi) is 24.5. The molecule has 4 spiro atoms. The Morgan fingerprint density at radius 1 is 0.431 bits per heavy atom. The van der Waals surface area contributed by atoms with Gasteiger partial charge in [-0.25, -0.2) is 0 Å². The van der Waals surface area contributed by atoms with Crippen molar-refractivity contribution >= 4 is 118 Å². The Labute approximate surface area is 685 Å². The standard InChI is InChI=1S/C26H31N3S2.C23H26N2S2.C22H24N2S2.C19H23BrN4S/c1-3-8-19-9-6-10-20(15-19)21-16-23(30-17-21)25(2)18-26(31-24(27)28-25)12-7-11-22(26)29-13-4-5-14-29;1-3-8-17-9-7-10-18(13-17)19-14-20(26-15-19)22(2)16-23(27-21(24)25-22)11-5-4-6-12-23;1-3-7-16-8-6-9-17(12-16)18-13-19(25-14-18)21(2)15-22(10-4-5-11-22)26-20(23)24-21;1-18(13-19(25-17(21)23-18)6-3-2-4-7-19)14-5-8-24(12-14)16-9-15(20)10-22-11-16/h6,9-10,15-17,22H,4-5,7,11-14,18H2,1-2H3,(H2,27,28);7,9-10,13-15H,4-6,11-12,16H2,1-2H3,(H2,24,25);6,8-9,12-14H,4-5,10-11,15H2,1-2H3,(H2,23,24);5,8-12H,2-4,6-7,13H2,1H3,(H2,21,23)/t;22-;21-;/m.00./s1. The van der Waals surface area contributed by atoms with E-state index in [4.69, 9.17) is 42.9 Å². The van der Waals surface area contributed by atoms with E-state index in [0.29, 0.717) is 10.8 Å². The highest BCUT2D eigenvalue weighted by Gasteiger charge is 2.55. The number of likely N-dealkylation sites (tertiary alicyclic amines) is 1. The van der Waals surface area contributed by atoms with Crippen molar-refractivity contribution in [2.45, 2.75) is 243 Å². The Bertz CT molecular complexity index is 4920. The molecule has 4 aliphatic carbocycles. The van der Waals surface area contributed by atoms with Gasteiger partial charge in [-0.3, -0.25) is 29.9 Å². The van der Waals surface area contributed by atoms with Gasteiger partial charge in [-0.1, -0.05) is 159 Å². The van der Waals surface area contributed by atoms with E-state index in [2.05, 4.69) is 225 Å². The lowest BCUT2D eigenvalue weighted by Gasteiger charge is -2.46. The fourth-order valence-corrected chi connectivity index (χ4v) is 28.7. The zero-order valence-corrected chi connectivity index (χ0v) is 71.6. The van der Waals surface area contributed by atoms with Crippen LogP contribution in [0.2, 0.25) is 0 Å². The number of thioether (sulfide) groups is 4. The molecule has 4 unspecified atom stereocenters. The number of hydrogen-bond donors (Lipinski definition) is 4. The molecule has 8 aromatic rings. The van der Waals surface area contributed by atoms with Gasteiger partial charge >= 0.3 is 0 Å². The first-order chi connectivity index (χ1) is 52.5. The summed E-state index contributed by atoms with van der Waals surface area (Å²) in [5.74, 6) is 18.4. The first-order valence-electron chi connectivity index (χ1n) is 39.1. The van der Waals surface area contributed by atoms with Gasteiger partial charge in [-0.05, 0) is 289 Å². The second-order valence-corrected chi connectivity index (χ2v) is 41.8. The summed E-state index contributed by atoms with van der Waals surface area (Å²) in [6, 6.07) is 37.3. The molecular weight excluding hydrogens is 1540 g/mol. The molecule has 9 aliphatic rings. The highest BCUT2D eigenvalue weighted by atomic mass is 79.9. The van der Waals surface area contributed by atoms with E-state index < -0.39 is 0 Å². The number of halogens is 1. The number of aromatic nitrogens is 2. The van der Waals surface area contributed by atoms with E-state index in [1.165, 1.54) is 189 Å². The molecule has 568 valence electrons. The number of nitrogens with zero attached hydrogens (tertiary/aromatic N) is 7. The van der Waals surface area contributed by atoms with Crippen LogP contribution in [0.15, 0.2) is 168 Å². The maximum atomic E-state index is 6.52. The average molecular weight is 1640 g/mol. The number of rotatable bonds is 9. The molecule has 6 atom stereocenters. The molecule has 1 saturated heterocycles. The Hall–Kier alpha value is -6.41. The van der Waals surface area contributed by atoms with Gasteiger partial charge in [0.1, 0.15) is 0 Å². The molecule has 0 amide bonds. The molecule has 4 saturated carbocycles. The molecule has 5 aliphatic heterocycles. The summed E-state index contributed by atoms with van der Waals surface area (Å²) in [7, 11) is 0. The number of pyridine rings is 1. The van der Waals surface area contributed by atoms with Crippen molar-refractivity contribution in [1.82, 2.24) is 14.5 Å². The quantitative estimate of drug-likeness (QED) is 0.102. The fraction of sp³-hybridized carbons (Fsp3) is 0.456. The lowest BCUT2D eigenvalue weighted by molar-refractivity contribution is 0.192. The first-order valence-corrected chi connectivity index (χ1v) is 45.8. The molecule has 0 bridgehead atoms. The molecule has 3 aromatic carbocycles. The molecule has 109 heavy (non-hydrogen) atoms. The van der Waals surface area contributed by atoms with Gasteiger partial charge in [0, 0.05) is 79.4 Å². The zero-order chi connectivity index (χ0) is 76.1. The van der Waals surface area contributed by atoms with Gasteiger partial charge in [0.05, 0.1) is 34.0 Å². The third-order valence-electron chi connectivity index (χ3n) is 23.7. The third-order valence-corrected chi connectivity index (χ3v) is 32.9. The summed E-state index contributed by atoms with van der Waals surface area (Å²) in [6.07, 6.45) is 36.9. The molecule has 10 heterocycles. The van der Waals surface area contributed by atoms with Crippen LogP contribution < -0.4 is 22.9 Å². The van der Waals surface area contributed by atoms with Gasteiger partial charge in [-0.15, -0.1) is 51.8 Å². The summed E-state index contributed by atoms with van der Waals surface area (Å²) < 4.78 is 4.12. The number of thiophene rings is 3. The minimum absolute atomic E-state index is 0.200. The first kappa shape index (κ1) is 79.2. The second kappa shape index (κ2) is 33.7. The zero-order valence-electron chi connectivity index (χ0n) is 64.3. The molecule has 19 heteroatoms. The van der Waals surface area contributed by atoms with Gasteiger partial charge in [0.25, 0.3) is 0 Å². The van der Waals surface area contributed by atoms with Crippen molar-refractivity contribution in [2.75, 3.05) is 13.1 Å². The van der Waals surface area contributed by atoms with Crippen molar-refractivity contribution in [2.24, 2.45) is 42.9 Å². The van der Waals surface area contributed by atoms with Crippen molar-refractivity contribution in [3.05, 3.63) is 185 Å². The van der Waals surface area contributed by atoms with Crippen LogP contribution in [0.1, 0.15) is 233 Å². The summed E-state index contributed by atoms with van der Waals surface area (Å²) in [5, 5.41) is 9.80. The van der Waals surface area contributed by atoms with Gasteiger partial charge in [0.2, 0.25) is 0 Å². The Morgan fingerprint density at radius 3 is 1.27 bits per heavy atom. The highest BCUT2D eigenvalue weighted by molar-refractivity contribution is 9.10. The predicted octanol–water partition coefficient (Wildman–Crippen LogP) is 22.8. The maximum absolute atomic E-state index is 6.52. The monoisotopic (exact) mass is 1640 g/mol. The van der Waals surface area contributed by atoms with Gasteiger partial charge < -0.3 is 27.5 Å². The SMILES string of the molecule is CC#Cc1cccc(-c2csc(C3(C)CC4(CCCC4N4CCCC4)SC(N)=N3)c2)c1.CC#Cc1cccc(-c2csc([C@]3(C)CC4(CCCC4)SC(N)=N3)c2)c1.CC#Cc1cccc(-c2csc([C@]3(C)CC4(CCCCC4)SC(N)=N3)c2)c1.CC1(c2ccn(-c3cncc(Br)c3)c2)CC2(CCCCC2)SC(N)=N1. The average Bonchev–Trinajstić information content (AvgIpc) is 1.62. The van der Waals surface area contributed by atoms with E-state index in [9.17, 15) is 0 Å². The predicted molar refractivity (Wildman–Crippen MR) is 477 cm³/mol. The Balaban J connectivity index is 0.000000122. The van der Waals surface area contributed by atoms with Gasteiger partial charge in [-0.2, -0.15) is 0 Å². The van der Waals surface area contributed by atoms with E-state index in [1.54, 1.807) is 17.5 Å². The smallest absolute Gasteiger partial charge is 0.155 e. The van der Waals surface area contributed by atoms with Crippen LogP contribution in [-0.4, -0.2) is 73.2 Å². The molecule has 17 rings (SSSR count). The number of aliphatic imine (C=N–C) groups is 4. The summed E-state index contributed by atoms with van der Waals surface area (Å²) in [5.41, 5.74) is 37.3. The molecule has 8 N–H and O–H groups in total. The van der Waals surface area contributed by atoms with E-state index in [0.717, 1.165) is 73.2 Å². The second-order valence-electron chi connectivity index (χ2n) is 32.2. The Morgan fingerprint density at radius 2 is 0.835 bits per heavy atom. The molecule has 5 aromatic heterocycles. The molecular formula is C90H104BrN11S7. The highest BCUT2D eigenvalue weighted by Crippen LogP contribution is 2.59. The van der Waals surface area contributed by atoms with Crippen LogP contribution in [0, 0.1) is 35.5 Å². The normalized spacial score (nSPS) is 26.4. The lowest BCUT2D eigenvalue weighted by Crippen LogP contribution is -2.52. The lowest BCUT2D eigenvalue weighted by atomic mass is 9.77. The van der Waals surface area contributed by atoms with E-state index in [-0.39, 0.29) is 36.4 Å². The van der Waals surface area contributed by atoms with Gasteiger partial charge in [0.15, 0.2) is 20.7 Å². The maximum Gasteiger partial charge on any atom is 0.155 e. The minimum atomic E-state index is -0.253. The largest absolute Gasteiger partial charge is 0.378 e.